The molecule has 0 saturated heterocycles. The summed E-state index contributed by atoms with van der Waals surface area (Å²) in [5, 5.41) is 6.36. The fourth-order valence-corrected chi connectivity index (χ4v) is 1.32. The second-order valence-corrected chi connectivity index (χ2v) is 4.51. The van der Waals surface area contributed by atoms with E-state index in [4.69, 9.17) is 4.74 Å². The molecule has 0 aliphatic heterocycles. The monoisotopic (exact) mass is 400 g/mol. The van der Waals surface area contributed by atoms with E-state index in [1.807, 2.05) is 0 Å². The van der Waals surface area contributed by atoms with Crippen LogP contribution in [0, 0.1) is 0 Å². The Labute approximate surface area is 139 Å². The van der Waals surface area contributed by atoms with E-state index in [0.29, 0.717) is 19.1 Å². The Bertz CT molecular complexity index is 273. The zero-order valence-electron chi connectivity index (χ0n) is 13.1. The van der Waals surface area contributed by atoms with Gasteiger partial charge in [-0.25, -0.2) is 4.99 Å². The molecule has 0 aliphatic rings. The molecule has 0 saturated carbocycles. The first kappa shape index (κ1) is 21.7. The molecular weight excluding hydrogens is 371 g/mol. The number of carbonyl (C=O) groups excluding carboxylic acids is 1. The Kier molecular flexibility index (Phi) is 16.1. The number of carbonyl (C=O) groups is 1. The summed E-state index contributed by atoms with van der Waals surface area (Å²) in [6.07, 6.45) is 3.47. The molecule has 0 fully saturated rings. The number of rotatable bonds is 9. The Balaban J connectivity index is 0. The third-order valence-electron chi connectivity index (χ3n) is 2.54. The fraction of sp³-hybridized carbons (Fsp3) is 0.846. The maximum Gasteiger partial charge on any atom is 0.243 e. The molecule has 7 heteroatoms. The lowest BCUT2D eigenvalue weighted by atomic mass is 10.2. The molecule has 2 N–H and O–H groups in total. The number of halogens is 1. The van der Waals surface area contributed by atoms with Crippen molar-refractivity contribution in [2.75, 3.05) is 47.4 Å². The standard InChI is InChI=1S/C13H28N4O2.HI/c1-5-6-7-8-14-13(15-9-10-19-4)16-11-12(18)17(2)3;/h5-11H2,1-4H3,(H2,14,15,16);1H. The van der Waals surface area contributed by atoms with Gasteiger partial charge in [0.05, 0.1) is 6.61 Å². The minimum absolute atomic E-state index is 0. The lowest BCUT2D eigenvalue weighted by Crippen LogP contribution is -2.40. The molecule has 0 unspecified atom stereocenters. The molecule has 0 aliphatic carbocycles. The van der Waals surface area contributed by atoms with Gasteiger partial charge in [0, 0.05) is 34.3 Å². The van der Waals surface area contributed by atoms with E-state index < -0.39 is 0 Å². The van der Waals surface area contributed by atoms with Crippen LogP contribution in [-0.2, 0) is 9.53 Å². The minimum Gasteiger partial charge on any atom is -0.383 e. The zero-order valence-corrected chi connectivity index (χ0v) is 15.4. The van der Waals surface area contributed by atoms with Gasteiger partial charge >= 0.3 is 0 Å². The van der Waals surface area contributed by atoms with Gasteiger partial charge < -0.3 is 20.3 Å². The quantitative estimate of drug-likeness (QED) is 0.263. The number of likely N-dealkylation sites (N-methyl/N-ethyl adjacent to an activating group) is 1. The van der Waals surface area contributed by atoms with Crippen LogP contribution in [0.4, 0.5) is 0 Å². The van der Waals surface area contributed by atoms with Crippen LogP contribution in [0.1, 0.15) is 26.2 Å². The van der Waals surface area contributed by atoms with Crippen LogP contribution >= 0.6 is 24.0 Å². The Morgan fingerprint density at radius 2 is 1.85 bits per heavy atom. The minimum atomic E-state index is -0.0126. The summed E-state index contributed by atoms with van der Waals surface area (Å²) in [4.78, 5) is 17.3. The molecule has 0 radical (unpaired) electrons. The summed E-state index contributed by atoms with van der Waals surface area (Å²) in [6.45, 7) is 4.47. The molecule has 0 aromatic rings. The maximum atomic E-state index is 11.5. The smallest absolute Gasteiger partial charge is 0.243 e. The number of unbranched alkanes of at least 4 members (excludes halogenated alkanes) is 2. The molecule has 6 nitrogen and oxygen atoms in total. The van der Waals surface area contributed by atoms with Crippen LogP contribution in [0.15, 0.2) is 4.99 Å². The van der Waals surface area contributed by atoms with Crippen molar-refractivity contribution in [2.24, 2.45) is 4.99 Å². The summed E-state index contributed by atoms with van der Waals surface area (Å²) < 4.78 is 4.98. The maximum absolute atomic E-state index is 11.5. The van der Waals surface area contributed by atoms with Crippen molar-refractivity contribution in [1.29, 1.82) is 0 Å². The third-order valence-corrected chi connectivity index (χ3v) is 2.54. The average Bonchev–Trinajstić information content (AvgIpc) is 2.39. The number of methoxy groups -OCH3 is 1. The van der Waals surface area contributed by atoms with Crippen molar-refractivity contribution in [3.8, 4) is 0 Å². The number of ether oxygens (including phenoxy) is 1. The molecule has 0 aromatic carbocycles. The predicted molar refractivity (Wildman–Crippen MR) is 93.8 cm³/mol. The number of nitrogens with one attached hydrogen (secondary N) is 2. The lowest BCUT2D eigenvalue weighted by Gasteiger charge is -2.13. The van der Waals surface area contributed by atoms with Crippen LogP contribution < -0.4 is 10.6 Å². The number of nitrogens with zero attached hydrogens (tertiary/aromatic N) is 2. The molecule has 0 bridgehead atoms. The molecule has 0 heterocycles. The molecule has 0 atom stereocenters. The molecule has 0 spiro atoms. The number of guanidine groups is 1. The van der Waals surface area contributed by atoms with Crippen LogP contribution in [0.2, 0.25) is 0 Å². The first-order chi connectivity index (χ1) is 9.11. The summed E-state index contributed by atoms with van der Waals surface area (Å²) in [5.74, 6) is 0.657. The number of hydrogen-bond donors (Lipinski definition) is 2. The van der Waals surface area contributed by atoms with Crippen LogP contribution in [0.3, 0.4) is 0 Å². The molecule has 0 rings (SSSR count). The van der Waals surface area contributed by atoms with E-state index in [-0.39, 0.29) is 36.4 Å². The fourth-order valence-electron chi connectivity index (χ4n) is 1.32. The van der Waals surface area contributed by atoms with Gasteiger partial charge in [-0.2, -0.15) is 0 Å². The first-order valence-corrected chi connectivity index (χ1v) is 6.83. The Morgan fingerprint density at radius 3 is 2.40 bits per heavy atom. The summed E-state index contributed by atoms with van der Waals surface area (Å²) >= 11 is 0. The van der Waals surface area contributed by atoms with Gasteiger partial charge in [0.1, 0.15) is 6.54 Å². The molecule has 1 amide bonds. The lowest BCUT2D eigenvalue weighted by molar-refractivity contribution is -0.127. The van der Waals surface area contributed by atoms with Crippen LogP contribution in [0.25, 0.3) is 0 Å². The third kappa shape index (κ3) is 12.5. The molecular formula is C13H29IN4O2. The highest BCUT2D eigenvalue weighted by molar-refractivity contribution is 14.0. The van der Waals surface area contributed by atoms with Crippen molar-refractivity contribution in [1.82, 2.24) is 15.5 Å². The largest absolute Gasteiger partial charge is 0.383 e. The van der Waals surface area contributed by atoms with Crippen molar-refractivity contribution < 1.29 is 9.53 Å². The zero-order chi connectivity index (χ0) is 14.5. The normalized spacial score (nSPS) is 10.7. The average molecular weight is 400 g/mol. The molecule has 0 aromatic heterocycles. The highest BCUT2D eigenvalue weighted by atomic mass is 127. The van der Waals surface area contributed by atoms with E-state index in [9.17, 15) is 4.79 Å². The molecule has 20 heavy (non-hydrogen) atoms. The van der Waals surface area contributed by atoms with Gasteiger partial charge in [0.2, 0.25) is 5.91 Å². The van der Waals surface area contributed by atoms with Gasteiger partial charge in [-0.3, -0.25) is 4.79 Å². The SMILES string of the molecule is CCCCCNC(=NCC(=O)N(C)C)NCCOC.I. The first-order valence-electron chi connectivity index (χ1n) is 6.83. The van der Waals surface area contributed by atoms with Crippen molar-refractivity contribution in [3.63, 3.8) is 0 Å². The highest BCUT2D eigenvalue weighted by Crippen LogP contribution is 1.91. The van der Waals surface area contributed by atoms with E-state index in [0.717, 1.165) is 13.0 Å². The second-order valence-electron chi connectivity index (χ2n) is 4.51. The highest BCUT2D eigenvalue weighted by Gasteiger charge is 2.03. The van der Waals surface area contributed by atoms with Gasteiger partial charge in [-0.15, -0.1) is 24.0 Å². The topological polar surface area (TPSA) is 66.0 Å². The second kappa shape index (κ2) is 14.8. The number of aliphatic imine (C=N–C) groups is 1. The van der Waals surface area contributed by atoms with Gasteiger partial charge in [0.25, 0.3) is 0 Å². The summed E-state index contributed by atoms with van der Waals surface area (Å²) in [7, 11) is 5.11. The van der Waals surface area contributed by atoms with E-state index in [1.54, 1.807) is 21.2 Å². The van der Waals surface area contributed by atoms with Crippen molar-refractivity contribution >= 4 is 35.8 Å². The van der Waals surface area contributed by atoms with E-state index in [2.05, 4.69) is 22.5 Å². The van der Waals surface area contributed by atoms with Crippen LogP contribution in [-0.4, -0.2) is 64.2 Å². The summed E-state index contributed by atoms with van der Waals surface area (Å²) in [5.41, 5.74) is 0. The van der Waals surface area contributed by atoms with Crippen molar-refractivity contribution in [2.45, 2.75) is 26.2 Å². The van der Waals surface area contributed by atoms with Gasteiger partial charge in [-0.05, 0) is 6.42 Å². The van der Waals surface area contributed by atoms with Crippen LogP contribution in [0.5, 0.6) is 0 Å². The Hall–Kier alpha value is -0.570. The van der Waals surface area contributed by atoms with Crippen molar-refractivity contribution in [3.05, 3.63) is 0 Å². The van der Waals surface area contributed by atoms with Gasteiger partial charge in [0.15, 0.2) is 5.96 Å². The van der Waals surface area contributed by atoms with Gasteiger partial charge in [-0.1, -0.05) is 19.8 Å². The Morgan fingerprint density at radius 1 is 1.20 bits per heavy atom. The predicted octanol–water partition coefficient (Wildman–Crippen LogP) is 1.06. The number of amides is 1. The van der Waals surface area contributed by atoms with E-state index >= 15 is 0 Å². The summed E-state index contributed by atoms with van der Waals surface area (Å²) in [6, 6.07) is 0. The van der Waals surface area contributed by atoms with E-state index in [1.165, 1.54) is 17.7 Å². The molecule has 120 valence electrons. The number of hydrogen-bond acceptors (Lipinski definition) is 3.